The van der Waals surface area contributed by atoms with Gasteiger partial charge in [-0.05, 0) is 35.3 Å². The summed E-state index contributed by atoms with van der Waals surface area (Å²) in [6.07, 6.45) is 1.46. The average Bonchev–Trinajstić information content (AvgIpc) is 2.80. The van der Waals surface area contributed by atoms with Crippen molar-refractivity contribution in [3.8, 4) is 11.6 Å². The number of hydrogen-bond acceptors (Lipinski definition) is 5. The van der Waals surface area contributed by atoms with Crippen molar-refractivity contribution in [3.63, 3.8) is 0 Å². The first-order chi connectivity index (χ1) is 9.65. The van der Waals surface area contributed by atoms with E-state index in [2.05, 4.69) is 4.98 Å². The normalized spacial score (nSPS) is 13.2. The molecule has 1 aliphatic heterocycles. The van der Waals surface area contributed by atoms with Gasteiger partial charge in [0.15, 0.2) is 0 Å². The SMILES string of the molecule is O=C(O)c1cccnc1Oc1ccc2c(c1)COB2O. The van der Waals surface area contributed by atoms with Crippen molar-refractivity contribution in [2.24, 2.45) is 0 Å². The van der Waals surface area contributed by atoms with Gasteiger partial charge in [-0.2, -0.15) is 0 Å². The predicted octanol–water partition coefficient (Wildman–Crippen LogP) is 0.790. The zero-order chi connectivity index (χ0) is 14.1. The third kappa shape index (κ3) is 2.24. The van der Waals surface area contributed by atoms with E-state index in [0.717, 1.165) is 5.56 Å². The minimum Gasteiger partial charge on any atom is -0.477 e. The van der Waals surface area contributed by atoms with E-state index in [1.807, 2.05) is 0 Å². The lowest BCUT2D eigenvalue weighted by molar-refractivity contribution is 0.0693. The molecule has 2 heterocycles. The van der Waals surface area contributed by atoms with Crippen molar-refractivity contribution in [2.75, 3.05) is 0 Å². The molecule has 0 aliphatic carbocycles. The van der Waals surface area contributed by atoms with Gasteiger partial charge >= 0.3 is 13.1 Å². The molecule has 3 rings (SSSR count). The number of aromatic nitrogens is 1. The van der Waals surface area contributed by atoms with Crippen LogP contribution in [0.25, 0.3) is 0 Å². The minimum absolute atomic E-state index is 0.00992. The average molecular weight is 271 g/mol. The highest BCUT2D eigenvalue weighted by Crippen LogP contribution is 2.24. The standard InChI is InChI=1S/C13H10BNO5/c16-13(17)10-2-1-5-15-12(10)20-9-3-4-11-8(6-9)7-19-14(11)18/h1-6,18H,7H2,(H,16,17). The van der Waals surface area contributed by atoms with Crippen LogP contribution in [0.2, 0.25) is 0 Å². The van der Waals surface area contributed by atoms with Gasteiger partial charge in [0, 0.05) is 6.20 Å². The van der Waals surface area contributed by atoms with Gasteiger partial charge in [0.1, 0.15) is 11.3 Å². The topological polar surface area (TPSA) is 88.9 Å². The van der Waals surface area contributed by atoms with Gasteiger partial charge in [0.05, 0.1) is 6.61 Å². The minimum atomic E-state index is -1.10. The highest BCUT2D eigenvalue weighted by Gasteiger charge is 2.27. The van der Waals surface area contributed by atoms with Gasteiger partial charge in [-0.3, -0.25) is 0 Å². The Labute approximate surface area is 114 Å². The number of carboxylic acids is 1. The predicted molar refractivity (Wildman–Crippen MR) is 70.1 cm³/mol. The Bertz CT molecular complexity index is 676. The maximum Gasteiger partial charge on any atom is 0.491 e. The molecule has 0 atom stereocenters. The summed E-state index contributed by atoms with van der Waals surface area (Å²) in [6, 6.07) is 7.97. The number of nitrogens with zero attached hydrogens (tertiary/aromatic N) is 1. The molecule has 1 aliphatic rings. The van der Waals surface area contributed by atoms with Crippen LogP contribution in [-0.4, -0.2) is 28.2 Å². The second-order valence-electron chi connectivity index (χ2n) is 4.29. The summed E-state index contributed by atoms with van der Waals surface area (Å²) in [4.78, 5) is 15.0. The van der Waals surface area contributed by atoms with Crippen LogP contribution in [-0.2, 0) is 11.3 Å². The second kappa shape index (κ2) is 4.95. The number of fused-ring (bicyclic) bond motifs is 1. The Morgan fingerprint density at radius 1 is 1.40 bits per heavy atom. The zero-order valence-electron chi connectivity index (χ0n) is 10.3. The number of carbonyl (C=O) groups is 1. The van der Waals surface area contributed by atoms with Crippen molar-refractivity contribution in [1.29, 1.82) is 0 Å². The third-order valence-electron chi connectivity index (χ3n) is 2.99. The summed E-state index contributed by atoms with van der Waals surface area (Å²) >= 11 is 0. The van der Waals surface area contributed by atoms with Crippen LogP contribution in [0.4, 0.5) is 0 Å². The Morgan fingerprint density at radius 3 is 3.05 bits per heavy atom. The number of pyridine rings is 1. The Balaban J connectivity index is 1.91. The van der Waals surface area contributed by atoms with E-state index in [0.29, 0.717) is 17.8 Å². The van der Waals surface area contributed by atoms with E-state index in [1.54, 1.807) is 18.2 Å². The number of benzene rings is 1. The summed E-state index contributed by atoms with van der Waals surface area (Å²) in [5.41, 5.74) is 1.49. The van der Waals surface area contributed by atoms with E-state index in [9.17, 15) is 9.82 Å². The van der Waals surface area contributed by atoms with Crippen molar-refractivity contribution in [1.82, 2.24) is 4.98 Å². The van der Waals surface area contributed by atoms with Crippen LogP contribution >= 0.6 is 0 Å². The highest BCUT2D eigenvalue weighted by atomic mass is 16.5. The molecule has 0 saturated carbocycles. The fourth-order valence-electron chi connectivity index (χ4n) is 2.02. The zero-order valence-corrected chi connectivity index (χ0v) is 10.3. The molecule has 0 radical (unpaired) electrons. The monoisotopic (exact) mass is 271 g/mol. The molecule has 6 nitrogen and oxygen atoms in total. The van der Waals surface area contributed by atoms with Crippen LogP contribution in [0, 0.1) is 0 Å². The van der Waals surface area contributed by atoms with Gasteiger partial charge in [-0.15, -0.1) is 0 Å². The lowest BCUT2D eigenvalue weighted by Crippen LogP contribution is -2.27. The molecule has 1 aromatic carbocycles. The molecular weight excluding hydrogens is 261 g/mol. The number of rotatable bonds is 3. The first-order valence-electron chi connectivity index (χ1n) is 5.94. The van der Waals surface area contributed by atoms with Crippen LogP contribution in [0.5, 0.6) is 11.6 Å². The molecule has 0 amide bonds. The molecule has 0 unspecified atom stereocenters. The van der Waals surface area contributed by atoms with Gasteiger partial charge in [0.2, 0.25) is 5.88 Å². The lowest BCUT2D eigenvalue weighted by Gasteiger charge is -2.08. The molecule has 2 aromatic rings. The van der Waals surface area contributed by atoms with E-state index >= 15 is 0 Å². The Kier molecular flexibility index (Phi) is 3.13. The Morgan fingerprint density at radius 2 is 2.25 bits per heavy atom. The van der Waals surface area contributed by atoms with Crippen molar-refractivity contribution in [3.05, 3.63) is 47.7 Å². The van der Waals surface area contributed by atoms with E-state index in [1.165, 1.54) is 18.3 Å². The summed E-state index contributed by atoms with van der Waals surface area (Å²) in [5, 5.41) is 18.6. The first-order valence-corrected chi connectivity index (χ1v) is 5.94. The smallest absolute Gasteiger partial charge is 0.477 e. The largest absolute Gasteiger partial charge is 0.491 e. The van der Waals surface area contributed by atoms with Crippen molar-refractivity contribution in [2.45, 2.75) is 6.61 Å². The number of aromatic carboxylic acids is 1. The maximum atomic E-state index is 11.1. The second-order valence-corrected chi connectivity index (χ2v) is 4.29. The molecule has 0 bridgehead atoms. The lowest BCUT2D eigenvalue weighted by atomic mass is 9.80. The highest BCUT2D eigenvalue weighted by molar-refractivity contribution is 6.61. The van der Waals surface area contributed by atoms with E-state index < -0.39 is 13.1 Å². The van der Waals surface area contributed by atoms with Crippen LogP contribution < -0.4 is 10.2 Å². The first kappa shape index (κ1) is 12.6. The van der Waals surface area contributed by atoms with Crippen LogP contribution in [0.3, 0.4) is 0 Å². The molecule has 0 spiro atoms. The fourth-order valence-corrected chi connectivity index (χ4v) is 2.02. The molecule has 100 valence electrons. The molecule has 20 heavy (non-hydrogen) atoms. The van der Waals surface area contributed by atoms with Crippen molar-refractivity contribution >= 4 is 18.6 Å². The molecule has 2 N–H and O–H groups in total. The Hall–Kier alpha value is -2.38. The molecule has 0 saturated heterocycles. The molecule has 7 heteroatoms. The van der Waals surface area contributed by atoms with Crippen LogP contribution in [0.1, 0.15) is 15.9 Å². The van der Waals surface area contributed by atoms with E-state index in [4.69, 9.17) is 14.5 Å². The third-order valence-corrected chi connectivity index (χ3v) is 2.99. The quantitative estimate of drug-likeness (QED) is 0.802. The molecule has 0 fully saturated rings. The summed E-state index contributed by atoms with van der Waals surface area (Å²) in [6.45, 7) is 0.293. The fraction of sp³-hybridized carbons (Fsp3) is 0.0769. The van der Waals surface area contributed by atoms with Gasteiger partial charge in [-0.25, -0.2) is 9.78 Å². The van der Waals surface area contributed by atoms with Gasteiger partial charge in [-0.1, -0.05) is 6.07 Å². The molecule has 1 aromatic heterocycles. The van der Waals surface area contributed by atoms with Crippen molar-refractivity contribution < 1.29 is 24.3 Å². The summed E-state index contributed by atoms with van der Waals surface area (Å²) in [5.74, 6) is -0.630. The summed E-state index contributed by atoms with van der Waals surface area (Å²) in [7, 11) is -0.913. The van der Waals surface area contributed by atoms with E-state index in [-0.39, 0.29) is 11.4 Å². The number of carboxylic acid groups (broad SMARTS) is 1. The van der Waals surface area contributed by atoms with Gasteiger partial charge < -0.3 is 19.5 Å². The summed E-state index contributed by atoms with van der Waals surface area (Å²) < 4.78 is 10.6. The molecular formula is C13H10BNO5. The maximum absolute atomic E-state index is 11.1. The van der Waals surface area contributed by atoms with Gasteiger partial charge in [0.25, 0.3) is 0 Å². The number of ether oxygens (including phenoxy) is 1. The number of hydrogen-bond donors (Lipinski definition) is 2. The van der Waals surface area contributed by atoms with Crippen LogP contribution in [0.15, 0.2) is 36.5 Å².